The minimum Gasteiger partial charge on any atom is -0.378 e. The lowest BCUT2D eigenvalue weighted by atomic mass is 10.0. The van der Waals surface area contributed by atoms with Crippen LogP contribution in [0.4, 0.5) is 0 Å². The molecule has 1 saturated carbocycles. The van der Waals surface area contributed by atoms with Crippen molar-refractivity contribution in [1.29, 1.82) is 0 Å². The van der Waals surface area contributed by atoms with Crippen LogP contribution in [0.25, 0.3) is 0 Å². The average molecular weight is 218 g/mol. The van der Waals surface area contributed by atoms with Gasteiger partial charge in [-0.3, -0.25) is 0 Å². The summed E-state index contributed by atoms with van der Waals surface area (Å²) in [6, 6.07) is 1.56. The third-order valence-corrected chi connectivity index (χ3v) is 3.69. The molecule has 14 heavy (non-hydrogen) atoms. The zero-order valence-corrected chi connectivity index (χ0v) is 9.39. The molecule has 1 aliphatic carbocycles. The summed E-state index contributed by atoms with van der Waals surface area (Å²) in [6.45, 7) is 1.05. The second-order valence-corrected chi connectivity index (χ2v) is 5.01. The molecule has 2 nitrogen and oxygen atoms in total. The maximum absolute atomic E-state index is 5.95. The SMILES string of the molecule is C1CC1COC1C[C@H]2CC[C@@H](C1)N2.Cl. The fourth-order valence-electron chi connectivity index (χ4n) is 2.70. The minimum atomic E-state index is 0. The number of rotatable bonds is 3. The highest BCUT2D eigenvalue weighted by molar-refractivity contribution is 5.85. The number of halogens is 1. The molecule has 0 aromatic heterocycles. The lowest BCUT2D eigenvalue weighted by Crippen LogP contribution is -2.41. The number of hydrogen-bond acceptors (Lipinski definition) is 2. The fourth-order valence-corrected chi connectivity index (χ4v) is 2.70. The number of hydrogen-bond donors (Lipinski definition) is 1. The van der Waals surface area contributed by atoms with E-state index < -0.39 is 0 Å². The van der Waals surface area contributed by atoms with Crippen LogP contribution in [0.2, 0.25) is 0 Å². The molecule has 0 aromatic carbocycles. The topological polar surface area (TPSA) is 21.3 Å². The molecule has 2 heterocycles. The largest absolute Gasteiger partial charge is 0.378 e. The Morgan fingerprint density at radius 3 is 2.21 bits per heavy atom. The van der Waals surface area contributed by atoms with E-state index in [0.29, 0.717) is 6.10 Å². The van der Waals surface area contributed by atoms with E-state index in [0.717, 1.165) is 24.6 Å². The van der Waals surface area contributed by atoms with Gasteiger partial charge in [-0.05, 0) is 44.4 Å². The van der Waals surface area contributed by atoms with Crippen LogP contribution in [0.15, 0.2) is 0 Å². The Balaban J connectivity index is 0.000000750. The van der Waals surface area contributed by atoms with Crippen LogP contribution in [0.1, 0.15) is 38.5 Å². The second-order valence-electron chi connectivity index (χ2n) is 5.01. The van der Waals surface area contributed by atoms with Gasteiger partial charge in [0.05, 0.1) is 6.10 Å². The highest BCUT2D eigenvalue weighted by Gasteiger charge is 2.34. The van der Waals surface area contributed by atoms with Gasteiger partial charge in [0.25, 0.3) is 0 Å². The molecule has 2 aliphatic heterocycles. The molecule has 1 N–H and O–H groups in total. The summed E-state index contributed by atoms with van der Waals surface area (Å²) < 4.78 is 5.95. The first-order chi connectivity index (χ1) is 6.40. The van der Waals surface area contributed by atoms with Crippen molar-refractivity contribution >= 4 is 12.4 Å². The molecular weight excluding hydrogens is 198 g/mol. The summed E-state index contributed by atoms with van der Waals surface area (Å²) in [5.74, 6) is 0.924. The van der Waals surface area contributed by atoms with E-state index in [1.54, 1.807) is 0 Å². The van der Waals surface area contributed by atoms with E-state index in [9.17, 15) is 0 Å². The first kappa shape index (κ1) is 10.7. The molecule has 0 radical (unpaired) electrons. The first-order valence-corrected chi connectivity index (χ1v) is 5.78. The fraction of sp³-hybridized carbons (Fsp3) is 1.00. The van der Waals surface area contributed by atoms with Crippen LogP contribution in [-0.4, -0.2) is 24.8 Å². The van der Waals surface area contributed by atoms with Crippen molar-refractivity contribution < 1.29 is 4.74 Å². The zero-order valence-electron chi connectivity index (χ0n) is 8.58. The molecule has 0 aromatic rings. The quantitative estimate of drug-likeness (QED) is 0.782. The zero-order chi connectivity index (χ0) is 8.67. The van der Waals surface area contributed by atoms with Crippen molar-refractivity contribution in [2.24, 2.45) is 5.92 Å². The number of nitrogens with one attached hydrogen (secondary N) is 1. The molecule has 2 bridgehead atoms. The molecule has 3 heteroatoms. The molecule has 3 atom stereocenters. The molecule has 3 fully saturated rings. The van der Waals surface area contributed by atoms with E-state index in [1.165, 1.54) is 38.5 Å². The molecule has 0 spiro atoms. The third kappa shape index (κ3) is 2.41. The van der Waals surface area contributed by atoms with E-state index in [1.807, 2.05) is 0 Å². The highest BCUT2D eigenvalue weighted by atomic mass is 35.5. The molecular formula is C11H20ClNO. The van der Waals surface area contributed by atoms with Gasteiger partial charge >= 0.3 is 0 Å². The van der Waals surface area contributed by atoms with Gasteiger partial charge in [0, 0.05) is 18.7 Å². The Morgan fingerprint density at radius 2 is 1.64 bits per heavy atom. The van der Waals surface area contributed by atoms with Crippen molar-refractivity contribution in [3.8, 4) is 0 Å². The van der Waals surface area contributed by atoms with Crippen LogP contribution in [0, 0.1) is 5.92 Å². The normalized spacial score (nSPS) is 40.7. The predicted octanol–water partition coefficient (Wildman–Crippen LogP) is 2.12. The van der Waals surface area contributed by atoms with Crippen molar-refractivity contribution in [3.63, 3.8) is 0 Å². The maximum atomic E-state index is 5.95. The van der Waals surface area contributed by atoms with Crippen molar-refractivity contribution in [2.45, 2.75) is 56.7 Å². The van der Waals surface area contributed by atoms with E-state index in [-0.39, 0.29) is 12.4 Å². The molecule has 3 rings (SSSR count). The van der Waals surface area contributed by atoms with E-state index >= 15 is 0 Å². The van der Waals surface area contributed by atoms with Gasteiger partial charge < -0.3 is 10.1 Å². The smallest absolute Gasteiger partial charge is 0.0604 e. The van der Waals surface area contributed by atoms with E-state index in [4.69, 9.17) is 4.74 Å². The number of piperidine rings is 1. The molecule has 1 unspecified atom stereocenters. The van der Waals surface area contributed by atoms with Gasteiger partial charge in [-0.2, -0.15) is 0 Å². The van der Waals surface area contributed by atoms with Crippen molar-refractivity contribution in [1.82, 2.24) is 5.32 Å². The molecule has 82 valence electrons. The van der Waals surface area contributed by atoms with Gasteiger partial charge in [0.15, 0.2) is 0 Å². The number of ether oxygens (including phenoxy) is 1. The Morgan fingerprint density at radius 1 is 1.00 bits per heavy atom. The van der Waals surface area contributed by atoms with Crippen molar-refractivity contribution in [3.05, 3.63) is 0 Å². The summed E-state index contributed by atoms with van der Waals surface area (Å²) in [5, 5.41) is 3.64. The lowest BCUT2D eigenvalue weighted by Gasteiger charge is -2.29. The van der Waals surface area contributed by atoms with Gasteiger partial charge in [-0.1, -0.05) is 0 Å². The number of fused-ring (bicyclic) bond motifs is 2. The summed E-state index contributed by atoms with van der Waals surface area (Å²) >= 11 is 0. The van der Waals surface area contributed by atoms with Crippen molar-refractivity contribution in [2.75, 3.05) is 6.61 Å². The van der Waals surface area contributed by atoms with Crippen LogP contribution >= 0.6 is 12.4 Å². The first-order valence-electron chi connectivity index (χ1n) is 5.78. The molecule has 3 aliphatic rings. The summed E-state index contributed by atoms with van der Waals surface area (Å²) in [4.78, 5) is 0. The summed E-state index contributed by atoms with van der Waals surface area (Å²) in [7, 11) is 0. The minimum absolute atomic E-state index is 0. The van der Waals surface area contributed by atoms with Gasteiger partial charge in [0.1, 0.15) is 0 Å². The lowest BCUT2D eigenvalue weighted by molar-refractivity contribution is 0.0145. The second kappa shape index (κ2) is 4.38. The molecule has 2 saturated heterocycles. The van der Waals surface area contributed by atoms with Crippen LogP contribution in [0.5, 0.6) is 0 Å². The van der Waals surface area contributed by atoms with Crippen LogP contribution < -0.4 is 5.32 Å². The maximum Gasteiger partial charge on any atom is 0.0604 e. The monoisotopic (exact) mass is 217 g/mol. The predicted molar refractivity (Wildman–Crippen MR) is 58.9 cm³/mol. The Bertz CT molecular complexity index is 184. The average Bonchev–Trinajstić information content (AvgIpc) is 2.90. The van der Waals surface area contributed by atoms with Crippen LogP contribution in [-0.2, 0) is 4.74 Å². The Hall–Kier alpha value is 0.210. The summed E-state index contributed by atoms with van der Waals surface area (Å²) in [6.07, 6.45) is 8.71. The van der Waals surface area contributed by atoms with Gasteiger partial charge in [0.2, 0.25) is 0 Å². The Labute approximate surface area is 92.2 Å². The molecule has 0 amide bonds. The van der Waals surface area contributed by atoms with Gasteiger partial charge in [-0.25, -0.2) is 0 Å². The van der Waals surface area contributed by atoms with E-state index in [2.05, 4.69) is 5.32 Å². The van der Waals surface area contributed by atoms with Crippen LogP contribution in [0.3, 0.4) is 0 Å². The highest BCUT2D eigenvalue weighted by Crippen LogP contribution is 2.32. The Kier molecular flexibility index (Phi) is 3.35. The summed E-state index contributed by atoms with van der Waals surface area (Å²) in [5.41, 5.74) is 0. The standard InChI is InChI=1S/C11H19NO.ClH/c1-2-8(1)7-13-11-5-9-3-4-10(6-11)12-9;/h8-12H,1-7H2;1H/t9-,10+,11?;. The third-order valence-electron chi connectivity index (χ3n) is 3.69. The van der Waals surface area contributed by atoms with Gasteiger partial charge in [-0.15, -0.1) is 12.4 Å².